The van der Waals surface area contributed by atoms with E-state index in [1.807, 2.05) is 30.1 Å². The minimum Gasteiger partial charge on any atom is -0.494 e. The van der Waals surface area contributed by atoms with Gasteiger partial charge >= 0.3 is 0 Å². The molecule has 3 aromatic carbocycles. The number of nitrogens with one attached hydrogen (secondary N) is 1. The Balaban J connectivity index is 0.912. The van der Waals surface area contributed by atoms with Gasteiger partial charge in [0.2, 0.25) is 5.91 Å². The van der Waals surface area contributed by atoms with Crippen LogP contribution >= 0.6 is 0 Å². The van der Waals surface area contributed by atoms with Crippen LogP contribution in [0.2, 0.25) is 0 Å². The van der Waals surface area contributed by atoms with Crippen molar-refractivity contribution in [1.82, 2.24) is 20.2 Å². The van der Waals surface area contributed by atoms with Crippen LogP contribution in [0.15, 0.2) is 127 Å². The number of nitrogens with zero attached hydrogens (tertiary/aromatic N) is 3. The number of allylic oxidation sites excluding steroid dienone is 5. The van der Waals surface area contributed by atoms with Gasteiger partial charge < -0.3 is 9.47 Å². The Morgan fingerprint density at radius 1 is 1.00 bits per heavy atom. The Labute approximate surface area is 356 Å². The Morgan fingerprint density at radius 3 is 2.43 bits per heavy atom. The molecule has 7 rings (SSSR count). The van der Waals surface area contributed by atoms with Crippen molar-refractivity contribution in [3.63, 3.8) is 0 Å². The van der Waals surface area contributed by atoms with Gasteiger partial charge in [-0.1, -0.05) is 105 Å². The smallest absolute Gasteiger partial charge is 0.264 e. The van der Waals surface area contributed by atoms with E-state index in [1.165, 1.54) is 16.7 Å². The van der Waals surface area contributed by atoms with Gasteiger partial charge in [-0.05, 0) is 110 Å². The number of piperidine rings is 2. The molecule has 0 aromatic heterocycles. The number of hydrogen-bond donors (Lipinski definition) is 1. The molecule has 2 unspecified atom stereocenters. The third-order valence-electron chi connectivity index (χ3n) is 12.9. The van der Waals surface area contributed by atoms with Crippen LogP contribution in [0.4, 0.5) is 0 Å². The standard InChI is InChI=1S/C51H62N4O5/c1-5-13-40(6-2)50(58)55(47-22-23-48(56)52-49(47)57)54-29-25-43(26-30-54)53-34-39(35-53)27-31-59-45-24-28-51(4,33-45)46-21-20-44(60-36-38-14-9-7-10-15-38)32-42(46)19-18-37(3)41-16-11-8-12-17-41/h5,7-17,20-21,24,28,32-33,37,39,43,47H,1,6,18-19,22-23,25-27,29-31,34-36H2,2-4H3,(H,52,56,57)/b40-13+/t37-,47?,51?/m1/s1. The maximum absolute atomic E-state index is 13.8. The summed E-state index contributed by atoms with van der Waals surface area (Å²) in [5.74, 6) is 1.98. The predicted octanol–water partition coefficient (Wildman–Crippen LogP) is 8.59. The third kappa shape index (κ3) is 10.4. The topological polar surface area (TPSA) is 91.4 Å². The van der Waals surface area contributed by atoms with E-state index in [0.29, 0.717) is 62.6 Å². The highest BCUT2D eigenvalue weighted by molar-refractivity contribution is 6.03. The van der Waals surface area contributed by atoms with Gasteiger partial charge in [0.15, 0.2) is 0 Å². The van der Waals surface area contributed by atoms with Gasteiger partial charge in [0.1, 0.15) is 24.2 Å². The van der Waals surface area contributed by atoms with Gasteiger partial charge in [-0.15, -0.1) is 0 Å². The highest BCUT2D eigenvalue weighted by Crippen LogP contribution is 2.39. The van der Waals surface area contributed by atoms with E-state index in [4.69, 9.17) is 9.47 Å². The zero-order chi connectivity index (χ0) is 42.1. The monoisotopic (exact) mass is 810 g/mol. The first kappa shape index (κ1) is 42.9. The molecule has 0 saturated carbocycles. The molecular weight excluding hydrogens is 749 g/mol. The Kier molecular flexibility index (Phi) is 14.2. The number of hydrazine groups is 1. The molecule has 3 amide bonds. The Bertz CT molecular complexity index is 2060. The maximum atomic E-state index is 13.8. The molecule has 4 aliphatic rings. The van der Waals surface area contributed by atoms with Crippen molar-refractivity contribution in [2.75, 3.05) is 32.8 Å². The molecule has 3 fully saturated rings. The predicted molar refractivity (Wildman–Crippen MR) is 237 cm³/mol. The van der Waals surface area contributed by atoms with Gasteiger partial charge in [-0.3, -0.25) is 29.6 Å². The number of hydrogen-bond acceptors (Lipinski definition) is 7. The first-order valence-corrected chi connectivity index (χ1v) is 22.0. The molecule has 1 N–H and O–H groups in total. The molecule has 1 aliphatic carbocycles. The summed E-state index contributed by atoms with van der Waals surface area (Å²) in [7, 11) is 0. The number of benzene rings is 3. The molecule has 0 radical (unpaired) electrons. The van der Waals surface area contributed by atoms with E-state index in [2.05, 4.69) is 110 Å². The summed E-state index contributed by atoms with van der Waals surface area (Å²) in [5, 5.41) is 6.12. The third-order valence-corrected chi connectivity index (χ3v) is 12.9. The van der Waals surface area contributed by atoms with Gasteiger partial charge in [-0.25, -0.2) is 5.01 Å². The lowest BCUT2D eigenvalue weighted by Gasteiger charge is -2.49. The van der Waals surface area contributed by atoms with Gasteiger partial charge in [0.25, 0.3) is 11.8 Å². The molecule has 60 heavy (non-hydrogen) atoms. The minimum absolute atomic E-state index is 0.183. The van der Waals surface area contributed by atoms with Crippen molar-refractivity contribution in [2.24, 2.45) is 5.92 Å². The van der Waals surface area contributed by atoms with Crippen LogP contribution in [0.5, 0.6) is 5.75 Å². The van der Waals surface area contributed by atoms with E-state index in [1.54, 1.807) is 17.2 Å². The van der Waals surface area contributed by atoms with E-state index in [9.17, 15) is 14.4 Å². The van der Waals surface area contributed by atoms with Gasteiger partial charge in [0.05, 0.1) is 6.61 Å². The first-order chi connectivity index (χ1) is 29.1. The fourth-order valence-electron chi connectivity index (χ4n) is 9.24. The molecule has 316 valence electrons. The molecular formula is C51H62N4O5. The second kappa shape index (κ2) is 19.9. The number of amides is 3. The van der Waals surface area contributed by atoms with Crippen molar-refractivity contribution in [3.05, 3.63) is 149 Å². The fraction of sp³-hybridized carbons (Fsp3) is 0.431. The van der Waals surface area contributed by atoms with E-state index >= 15 is 0 Å². The molecule has 3 saturated heterocycles. The lowest BCUT2D eigenvalue weighted by Crippen LogP contribution is -2.63. The fourth-order valence-corrected chi connectivity index (χ4v) is 9.24. The maximum Gasteiger partial charge on any atom is 0.264 e. The average Bonchev–Trinajstić information content (AvgIpc) is 3.64. The van der Waals surface area contributed by atoms with Crippen LogP contribution in [-0.2, 0) is 37.6 Å². The van der Waals surface area contributed by atoms with Crippen LogP contribution in [0.1, 0.15) is 93.9 Å². The SMILES string of the molecule is C=C/C=C(\CC)C(=O)N(C1CCC(=O)NC1=O)N1CCC(N2CC(CCOC3=CC(C)(c4ccc(OCc5ccccc5)cc4CC[C@@H](C)c4ccccc4)C=C3)C2)CC1. The van der Waals surface area contributed by atoms with Crippen molar-refractivity contribution >= 4 is 17.7 Å². The molecule has 3 aliphatic heterocycles. The lowest BCUT2D eigenvalue weighted by atomic mass is 9.79. The molecule has 3 atom stereocenters. The lowest BCUT2D eigenvalue weighted by molar-refractivity contribution is -0.166. The molecule has 3 heterocycles. The van der Waals surface area contributed by atoms with Crippen molar-refractivity contribution in [1.29, 1.82) is 0 Å². The number of carbonyl (C=O) groups excluding carboxylic acids is 3. The number of likely N-dealkylation sites (tertiary alicyclic amines) is 1. The first-order valence-electron chi connectivity index (χ1n) is 22.0. The molecule has 9 nitrogen and oxygen atoms in total. The van der Waals surface area contributed by atoms with E-state index < -0.39 is 11.9 Å². The average molecular weight is 811 g/mol. The molecule has 0 spiro atoms. The zero-order valence-corrected chi connectivity index (χ0v) is 35.7. The highest BCUT2D eigenvalue weighted by Gasteiger charge is 2.41. The molecule has 0 bridgehead atoms. The minimum atomic E-state index is -0.691. The summed E-state index contributed by atoms with van der Waals surface area (Å²) >= 11 is 0. The Morgan fingerprint density at radius 2 is 1.73 bits per heavy atom. The zero-order valence-electron chi connectivity index (χ0n) is 35.7. The normalized spacial score (nSPS) is 22.1. The van der Waals surface area contributed by atoms with E-state index in [0.717, 1.165) is 62.3 Å². The van der Waals surface area contributed by atoms with Gasteiger partial charge in [0, 0.05) is 49.6 Å². The summed E-state index contributed by atoms with van der Waals surface area (Å²) in [6.45, 7) is 15.0. The summed E-state index contributed by atoms with van der Waals surface area (Å²) in [4.78, 5) is 41.2. The molecule has 9 heteroatoms. The molecule has 3 aromatic rings. The summed E-state index contributed by atoms with van der Waals surface area (Å²) in [6, 6.07) is 27.4. The van der Waals surface area contributed by atoms with Crippen LogP contribution < -0.4 is 10.1 Å². The second-order valence-electron chi connectivity index (χ2n) is 17.1. The van der Waals surface area contributed by atoms with Crippen LogP contribution in [0, 0.1) is 5.92 Å². The van der Waals surface area contributed by atoms with Crippen LogP contribution in [-0.4, -0.2) is 77.5 Å². The number of aryl methyl sites for hydroxylation is 1. The van der Waals surface area contributed by atoms with Crippen molar-refractivity contribution < 1.29 is 23.9 Å². The second-order valence-corrected chi connectivity index (χ2v) is 17.1. The van der Waals surface area contributed by atoms with Crippen LogP contribution in [0.25, 0.3) is 0 Å². The Hall–Kier alpha value is -5.25. The number of carbonyl (C=O) groups is 3. The number of imide groups is 1. The summed E-state index contributed by atoms with van der Waals surface area (Å²) in [6.07, 6.45) is 15.9. The van der Waals surface area contributed by atoms with Crippen molar-refractivity contribution in [2.45, 2.75) is 102 Å². The largest absolute Gasteiger partial charge is 0.494 e. The van der Waals surface area contributed by atoms with Gasteiger partial charge in [-0.2, -0.15) is 0 Å². The van der Waals surface area contributed by atoms with Crippen molar-refractivity contribution in [3.8, 4) is 5.75 Å². The number of rotatable bonds is 18. The highest BCUT2D eigenvalue weighted by atomic mass is 16.5. The number of ether oxygens (including phenoxy) is 2. The van der Waals surface area contributed by atoms with Crippen LogP contribution in [0.3, 0.4) is 0 Å². The summed E-state index contributed by atoms with van der Waals surface area (Å²) in [5.41, 5.74) is 5.43. The quantitative estimate of drug-likeness (QED) is 0.0783. The summed E-state index contributed by atoms with van der Waals surface area (Å²) < 4.78 is 12.7. The van der Waals surface area contributed by atoms with E-state index in [-0.39, 0.29) is 23.7 Å².